The number of nitrogens with zero attached hydrogens (tertiary/aromatic N) is 2. The molecular formula is C15H13N3O3. The van der Waals surface area contributed by atoms with Gasteiger partial charge in [0, 0.05) is 0 Å². The number of aromatic nitrogens is 3. The maximum atomic E-state index is 12.0. The van der Waals surface area contributed by atoms with Crippen LogP contribution < -0.4 is 5.56 Å². The summed E-state index contributed by atoms with van der Waals surface area (Å²) in [6, 6.07) is 8.53. The average Bonchev–Trinajstić information content (AvgIpc) is 2.87. The second kappa shape index (κ2) is 4.90. The highest BCUT2D eigenvalue weighted by Gasteiger charge is 2.08. The van der Waals surface area contributed by atoms with Gasteiger partial charge >= 0.3 is 5.97 Å². The number of hydrogen-bond donors (Lipinski definition) is 1. The smallest absolute Gasteiger partial charge is 0.337 e. The summed E-state index contributed by atoms with van der Waals surface area (Å²) in [5.41, 5.74) is 2.95. The van der Waals surface area contributed by atoms with Gasteiger partial charge in [0.15, 0.2) is 0 Å². The highest BCUT2D eigenvalue weighted by Crippen LogP contribution is 2.17. The van der Waals surface area contributed by atoms with Crippen LogP contribution in [0.25, 0.3) is 16.8 Å². The summed E-state index contributed by atoms with van der Waals surface area (Å²) in [6.45, 7) is 1.83. The first-order valence-electron chi connectivity index (χ1n) is 6.36. The fraction of sp³-hybridized carbons (Fsp3) is 0.133. The van der Waals surface area contributed by atoms with Crippen LogP contribution in [-0.2, 0) is 4.74 Å². The van der Waals surface area contributed by atoms with Crippen molar-refractivity contribution in [1.29, 1.82) is 0 Å². The second-order valence-corrected chi connectivity index (χ2v) is 4.68. The van der Waals surface area contributed by atoms with Gasteiger partial charge in [-0.3, -0.25) is 4.79 Å². The largest absolute Gasteiger partial charge is 0.465 e. The van der Waals surface area contributed by atoms with Crippen LogP contribution in [0.2, 0.25) is 0 Å². The van der Waals surface area contributed by atoms with E-state index in [1.54, 1.807) is 41.0 Å². The maximum Gasteiger partial charge on any atom is 0.337 e. The molecule has 0 aliphatic carbocycles. The molecular weight excluding hydrogens is 270 g/mol. The van der Waals surface area contributed by atoms with Gasteiger partial charge < -0.3 is 9.72 Å². The number of carbonyl (C=O) groups is 1. The third kappa shape index (κ3) is 2.31. The van der Waals surface area contributed by atoms with Crippen LogP contribution in [0.15, 0.2) is 41.3 Å². The Bertz CT molecular complexity index is 875. The van der Waals surface area contributed by atoms with Gasteiger partial charge in [0.1, 0.15) is 5.52 Å². The van der Waals surface area contributed by atoms with Crippen molar-refractivity contribution >= 4 is 11.5 Å². The van der Waals surface area contributed by atoms with Gasteiger partial charge in [0.25, 0.3) is 5.56 Å². The fourth-order valence-corrected chi connectivity index (χ4v) is 2.18. The third-order valence-electron chi connectivity index (χ3n) is 3.21. The second-order valence-electron chi connectivity index (χ2n) is 4.68. The number of aryl methyl sites for hydroxylation is 1. The monoisotopic (exact) mass is 283 g/mol. The zero-order valence-electron chi connectivity index (χ0n) is 11.6. The topological polar surface area (TPSA) is 76.5 Å². The standard InChI is InChI=1S/C15H13N3O3/c1-9-7-13-14(19)16-12(8-18(13)17-9)10-3-5-11(6-4-10)15(20)21-2/h3-8H,1-2H3,(H,16,19). The predicted octanol–water partition coefficient (Wildman–Crippen LogP) is 1.78. The van der Waals surface area contributed by atoms with Crippen LogP contribution in [0.1, 0.15) is 16.1 Å². The summed E-state index contributed by atoms with van der Waals surface area (Å²) in [7, 11) is 1.34. The van der Waals surface area contributed by atoms with Gasteiger partial charge in [-0.2, -0.15) is 5.10 Å². The number of nitrogens with one attached hydrogen (secondary N) is 1. The lowest BCUT2D eigenvalue weighted by molar-refractivity contribution is 0.0601. The van der Waals surface area contributed by atoms with Gasteiger partial charge in [0.05, 0.1) is 30.3 Å². The molecule has 21 heavy (non-hydrogen) atoms. The molecule has 1 aromatic carbocycles. The molecule has 0 bridgehead atoms. The van der Waals surface area contributed by atoms with Crippen molar-refractivity contribution in [1.82, 2.24) is 14.6 Å². The van der Waals surface area contributed by atoms with Crippen LogP contribution in [0.4, 0.5) is 0 Å². The van der Waals surface area contributed by atoms with Crippen LogP contribution in [0, 0.1) is 6.92 Å². The van der Waals surface area contributed by atoms with Crippen molar-refractivity contribution in [3.05, 3.63) is 58.1 Å². The van der Waals surface area contributed by atoms with Crippen LogP contribution in [-0.4, -0.2) is 27.7 Å². The van der Waals surface area contributed by atoms with Crippen molar-refractivity contribution in [3.63, 3.8) is 0 Å². The zero-order chi connectivity index (χ0) is 15.0. The van der Waals surface area contributed by atoms with E-state index in [1.165, 1.54) is 7.11 Å². The number of methoxy groups -OCH3 is 1. The molecule has 106 valence electrons. The molecule has 0 aliphatic rings. The molecule has 0 radical (unpaired) electrons. The van der Waals surface area contributed by atoms with Crippen molar-refractivity contribution in [2.24, 2.45) is 0 Å². The zero-order valence-corrected chi connectivity index (χ0v) is 11.6. The number of aromatic amines is 1. The van der Waals surface area contributed by atoms with Crippen molar-refractivity contribution in [2.75, 3.05) is 7.11 Å². The Labute approximate surface area is 120 Å². The van der Waals surface area contributed by atoms with Gasteiger partial charge in [0.2, 0.25) is 0 Å². The maximum absolute atomic E-state index is 12.0. The number of fused-ring (bicyclic) bond motifs is 1. The summed E-state index contributed by atoms with van der Waals surface area (Å²) in [5.74, 6) is -0.395. The van der Waals surface area contributed by atoms with Crippen molar-refractivity contribution in [2.45, 2.75) is 6.92 Å². The molecule has 0 amide bonds. The van der Waals surface area contributed by atoms with Crippen molar-refractivity contribution in [3.8, 4) is 11.3 Å². The molecule has 6 heteroatoms. The predicted molar refractivity (Wildman–Crippen MR) is 77.3 cm³/mol. The molecule has 0 aliphatic heterocycles. The fourth-order valence-electron chi connectivity index (χ4n) is 2.18. The third-order valence-corrected chi connectivity index (χ3v) is 3.21. The molecule has 0 fully saturated rings. The molecule has 0 saturated heterocycles. The van der Waals surface area contributed by atoms with Gasteiger partial charge in [-0.15, -0.1) is 0 Å². The summed E-state index contributed by atoms with van der Waals surface area (Å²) in [4.78, 5) is 26.2. The van der Waals surface area contributed by atoms with E-state index in [2.05, 4.69) is 14.8 Å². The number of esters is 1. The molecule has 1 N–H and O–H groups in total. The first-order chi connectivity index (χ1) is 10.1. The number of benzene rings is 1. The highest BCUT2D eigenvalue weighted by atomic mass is 16.5. The van der Waals surface area contributed by atoms with E-state index in [-0.39, 0.29) is 5.56 Å². The van der Waals surface area contributed by atoms with Crippen LogP contribution in [0.5, 0.6) is 0 Å². The molecule has 3 aromatic rings. The Morgan fingerprint density at radius 2 is 2.00 bits per heavy atom. The Balaban J connectivity index is 2.07. The Morgan fingerprint density at radius 1 is 1.29 bits per heavy atom. The normalized spacial score (nSPS) is 10.8. The minimum absolute atomic E-state index is 0.204. The molecule has 0 saturated carbocycles. The Morgan fingerprint density at radius 3 is 2.67 bits per heavy atom. The minimum atomic E-state index is -0.395. The number of carbonyl (C=O) groups excluding carboxylic acids is 1. The molecule has 0 atom stereocenters. The molecule has 0 spiro atoms. The highest BCUT2D eigenvalue weighted by molar-refractivity contribution is 5.89. The first-order valence-corrected chi connectivity index (χ1v) is 6.36. The summed E-state index contributed by atoms with van der Waals surface area (Å²) < 4.78 is 6.20. The average molecular weight is 283 g/mol. The number of rotatable bonds is 2. The number of H-pyrrole nitrogens is 1. The molecule has 3 rings (SSSR count). The number of ether oxygens (including phenoxy) is 1. The molecule has 2 heterocycles. The SMILES string of the molecule is COC(=O)c1ccc(-c2cn3nc(C)cc3c(=O)[nH]2)cc1. The Hall–Kier alpha value is -2.89. The molecule has 2 aromatic heterocycles. The quantitative estimate of drug-likeness (QED) is 0.727. The summed E-state index contributed by atoms with van der Waals surface area (Å²) in [6.07, 6.45) is 1.75. The van der Waals surface area contributed by atoms with E-state index in [9.17, 15) is 9.59 Å². The van der Waals surface area contributed by atoms with Gasteiger partial charge in [-0.1, -0.05) is 12.1 Å². The summed E-state index contributed by atoms with van der Waals surface area (Å²) in [5, 5.41) is 4.24. The lowest BCUT2D eigenvalue weighted by Gasteiger charge is -2.04. The van der Waals surface area contributed by atoms with E-state index in [1.807, 2.05) is 6.92 Å². The van der Waals surface area contributed by atoms with Crippen LogP contribution >= 0.6 is 0 Å². The van der Waals surface area contributed by atoms with Crippen molar-refractivity contribution < 1.29 is 9.53 Å². The van der Waals surface area contributed by atoms with E-state index < -0.39 is 5.97 Å². The van der Waals surface area contributed by atoms with E-state index >= 15 is 0 Å². The summed E-state index contributed by atoms with van der Waals surface area (Å²) >= 11 is 0. The minimum Gasteiger partial charge on any atom is -0.465 e. The van der Waals surface area contributed by atoms with E-state index in [0.29, 0.717) is 16.8 Å². The van der Waals surface area contributed by atoms with Crippen LogP contribution in [0.3, 0.4) is 0 Å². The molecule has 6 nitrogen and oxygen atoms in total. The van der Waals surface area contributed by atoms with E-state index in [4.69, 9.17) is 0 Å². The Kier molecular flexibility index (Phi) is 3.06. The lowest BCUT2D eigenvalue weighted by atomic mass is 10.1. The number of hydrogen-bond acceptors (Lipinski definition) is 4. The van der Waals surface area contributed by atoms with Gasteiger partial charge in [-0.05, 0) is 30.7 Å². The lowest BCUT2D eigenvalue weighted by Crippen LogP contribution is -2.10. The van der Waals surface area contributed by atoms with E-state index in [0.717, 1.165) is 11.3 Å². The van der Waals surface area contributed by atoms with Gasteiger partial charge in [-0.25, -0.2) is 9.31 Å². The first kappa shape index (κ1) is 13.1. The molecule has 0 unspecified atom stereocenters.